The van der Waals surface area contributed by atoms with E-state index in [1.165, 1.54) is 19.8 Å². The second-order valence-corrected chi connectivity index (χ2v) is 6.82. The molecule has 0 saturated carbocycles. The second kappa shape index (κ2) is 5.03. The Bertz CT molecular complexity index is 567. The lowest BCUT2D eigenvalue weighted by molar-refractivity contribution is 0.357. The number of nitrogens with one attached hydrogen (secondary N) is 1. The molecule has 0 spiro atoms. The van der Waals surface area contributed by atoms with Crippen LogP contribution < -0.4 is 10.1 Å². The molecule has 1 aromatic carbocycles. The van der Waals surface area contributed by atoms with E-state index >= 15 is 0 Å². The van der Waals surface area contributed by atoms with Crippen LogP contribution >= 0.6 is 27.3 Å². The molecule has 1 aromatic heterocycles. The third kappa shape index (κ3) is 2.20. The monoisotopic (exact) mass is 323 g/mol. The Morgan fingerprint density at radius 2 is 2.22 bits per heavy atom. The fourth-order valence-corrected chi connectivity index (χ4v) is 3.90. The van der Waals surface area contributed by atoms with Gasteiger partial charge in [0.05, 0.1) is 16.4 Å². The molecule has 1 atom stereocenters. The molecule has 1 unspecified atom stereocenters. The fraction of sp³-hybridized carbons (Fsp3) is 0.286. The van der Waals surface area contributed by atoms with Crippen molar-refractivity contribution in [1.29, 1.82) is 0 Å². The van der Waals surface area contributed by atoms with E-state index < -0.39 is 0 Å². The molecular formula is C14H14BrNOS. The Morgan fingerprint density at radius 1 is 1.33 bits per heavy atom. The summed E-state index contributed by atoms with van der Waals surface area (Å²) >= 11 is 5.29. The fourth-order valence-electron chi connectivity index (χ4n) is 2.34. The third-order valence-corrected chi connectivity index (χ3v) is 4.90. The van der Waals surface area contributed by atoms with Crippen LogP contribution in [-0.4, -0.2) is 13.7 Å². The Labute approximate surface area is 119 Å². The van der Waals surface area contributed by atoms with Crippen molar-refractivity contribution in [3.63, 3.8) is 0 Å². The van der Waals surface area contributed by atoms with Crippen molar-refractivity contribution in [1.82, 2.24) is 5.32 Å². The number of thiophene rings is 1. The molecule has 4 heteroatoms. The van der Waals surface area contributed by atoms with E-state index in [1.54, 1.807) is 11.3 Å². The predicted octanol–water partition coefficient (Wildman–Crippen LogP) is 3.75. The topological polar surface area (TPSA) is 21.3 Å². The van der Waals surface area contributed by atoms with Crippen molar-refractivity contribution in [2.75, 3.05) is 13.7 Å². The Morgan fingerprint density at radius 3 is 2.94 bits per heavy atom. The summed E-state index contributed by atoms with van der Waals surface area (Å²) in [4.78, 5) is 1.32. The van der Waals surface area contributed by atoms with Crippen molar-refractivity contribution in [2.24, 2.45) is 0 Å². The van der Waals surface area contributed by atoms with Crippen LogP contribution in [0.2, 0.25) is 0 Å². The molecule has 1 aliphatic heterocycles. The number of rotatable bonds is 3. The highest BCUT2D eigenvalue weighted by Gasteiger charge is 2.18. The van der Waals surface area contributed by atoms with E-state index in [9.17, 15) is 0 Å². The van der Waals surface area contributed by atoms with E-state index in [-0.39, 0.29) is 6.04 Å². The van der Waals surface area contributed by atoms with Gasteiger partial charge in [0.2, 0.25) is 0 Å². The number of halogens is 1. The van der Waals surface area contributed by atoms with Crippen LogP contribution in [0.15, 0.2) is 34.1 Å². The summed E-state index contributed by atoms with van der Waals surface area (Å²) in [6.07, 6.45) is 1.02. The maximum absolute atomic E-state index is 5.55. The predicted molar refractivity (Wildman–Crippen MR) is 78.6 cm³/mol. The molecule has 2 aromatic rings. The van der Waals surface area contributed by atoms with Crippen LogP contribution in [0.5, 0.6) is 5.75 Å². The van der Waals surface area contributed by atoms with Gasteiger partial charge in [-0.15, -0.1) is 11.3 Å². The number of hydrogen-bond acceptors (Lipinski definition) is 3. The molecule has 94 valence electrons. The summed E-state index contributed by atoms with van der Waals surface area (Å²) in [6, 6.07) is 11.0. The van der Waals surface area contributed by atoms with Crippen LogP contribution in [0, 0.1) is 0 Å². The largest absolute Gasteiger partial charge is 0.493 e. The molecule has 0 saturated heterocycles. The van der Waals surface area contributed by atoms with Crippen molar-refractivity contribution in [3.05, 3.63) is 50.1 Å². The van der Waals surface area contributed by atoms with Gasteiger partial charge in [0.1, 0.15) is 5.75 Å². The molecule has 0 aliphatic carbocycles. The van der Waals surface area contributed by atoms with Crippen LogP contribution in [0.1, 0.15) is 22.0 Å². The zero-order valence-electron chi connectivity index (χ0n) is 10.1. The molecule has 2 heterocycles. The normalized spacial score (nSPS) is 15.2. The zero-order chi connectivity index (χ0) is 12.5. The van der Waals surface area contributed by atoms with E-state index in [1.807, 2.05) is 7.05 Å². The van der Waals surface area contributed by atoms with Gasteiger partial charge in [-0.2, -0.15) is 0 Å². The van der Waals surface area contributed by atoms with E-state index in [0.29, 0.717) is 0 Å². The van der Waals surface area contributed by atoms with E-state index in [4.69, 9.17) is 4.74 Å². The summed E-state index contributed by atoms with van der Waals surface area (Å²) in [6.45, 7) is 0.813. The molecule has 0 amide bonds. The minimum atomic E-state index is 0.257. The van der Waals surface area contributed by atoms with E-state index in [2.05, 4.69) is 51.6 Å². The quantitative estimate of drug-likeness (QED) is 0.928. The maximum atomic E-state index is 5.55. The first kappa shape index (κ1) is 12.2. The van der Waals surface area contributed by atoms with Crippen LogP contribution in [-0.2, 0) is 6.42 Å². The summed E-state index contributed by atoms with van der Waals surface area (Å²) in [5.74, 6) is 1.04. The van der Waals surface area contributed by atoms with Crippen LogP contribution in [0.3, 0.4) is 0 Å². The number of hydrogen-bond donors (Lipinski definition) is 1. The molecule has 2 nitrogen and oxygen atoms in total. The smallest absolute Gasteiger partial charge is 0.122 e. The van der Waals surface area contributed by atoms with Crippen molar-refractivity contribution in [2.45, 2.75) is 12.5 Å². The van der Waals surface area contributed by atoms with Gasteiger partial charge in [-0.05, 0) is 52.3 Å². The van der Waals surface area contributed by atoms with Crippen LogP contribution in [0.25, 0.3) is 0 Å². The van der Waals surface area contributed by atoms with Gasteiger partial charge >= 0.3 is 0 Å². The Hall–Kier alpha value is -0.840. The summed E-state index contributed by atoms with van der Waals surface area (Å²) in [5, 5.41) is 3.39. The van der Waals surface area contributed by atoms with Crippen molar-refractivity contribution < 1.29 is 4.74 Å². The molecule has 0 bridgehead atoms. The second-order valence-electron chi connectivity index (χ2n) is 4.33. The minimum absolute atomic E-state index is 0.257. The van der Waals surface area contributed by atoms with Crippen molar-refractivity contribution in [3.8, 4) is 5.75 Å². The first-order valence-electron chi connectivity index (χ1n) is 5.96. The summed E-state index contributed by atoms with van der Waals surface area (Å²) < 4.78 is 6.72. The molecule has 1 aliphatic rings. The third-order valence-electron chi connectivity index (χ3n) is 3.21. The first-order chi connectivity index (χ1) is 8.78. The van der Waals surface area contributed by atoms with Gasteiger partial charge in [-0.3, -0.25) is 0 Å². The molecule has 0 radical (unpaired) electrons. The first-order valence-corrected chi connectivity index (χ1v) is 7.57. The molecule has 1 N–H and O–H groups in total. The zero-order valence-corrected chi connectivity index (χ0v) is 12.5. The minimum Gasteiger partial charge on any atom is -0.493 e. The highest BCUT2D eigenvalue weighted by atomic mass is 79.9. The lowest BCUT2D eigenvalue weighted by atomic mass is 10.0. The highest BCUT2D eigenvalue weighted by molar-refractivity contribution is 9.11. The Kier molecular flexibility index (Phi) is 3.41. The lowest BCUT2D eigenvalue weighted by Gasteiger charge is -2.15. The number of ether oxygens (including phenoxy) is 1. The lowest BCUT2D eigenvalue weighted by Crippen LogP contribution is -2.16. The molecule has 18 heavy (non-hydrogen) atoms. The highest BCUT2D eigenvalue weighted by Crippen LogP contribution is 2.34. The van der Waals surface area contributed by atoms with E-state index in [0.717, 1.165) is 18.8 Å². The summed E-state index contributed by atoms with van der Waals surface area (Å²) in [7, 11) is 2.00. The van der Waals surface area contributed by atoms with Gasteiger partial charge in [0.15, 0.2) is 0 Å². The standard InChI is InChI=1S/C14H14BrNOS/c1-16-14(12-4-5-13(15)18-12)10-2-3-11-9(8-10)6-7-17-11/h2-5,8,14,16H,6-7H2,1H3. The molecule has 0 fully saturated rings. The van der Waals surface area contributed by atoms with Gasteiger partial charge < -0.3 is 10.1 Å². The molecular weight excluding hydrogens is 310 g/mol. The Balaban J connectivity index is 1.96. The van der Waals surface area contributed by atoms with Gasteiger partial charge in [0.25, 0.3) is 0 Å². The average molecular weight is 324 g/mol. The van der Waals surface area contributed by atoms with Crippen LogP contribution in [0.4, 0.5) is 0 Å². The van der Waals surface area contributed by atoms with Gasteiger partial charge in [0, 0.05) is 11.3 Å². The van der Waals surface area contributed by atoms with Crippen molar-refractivity contribution >= 4 is 27.3 Å². The SMILES string of the molecule is CNC(c1ccc2c(c1)CCO2)c1ccc(Br)s1. The molecule has 3 rings (SSSR count). The number of fused-ring (bicyclic) bond motifs is 1. The maximum Gasteiger partial charge on any atom is 0.122 e. The summed E-state index contributed by atoms with van der Waals surface area (Å²) in [5.41, 5.74) is 2.62. The number of benzene rings is 1. The average Bonchev–Trinajstić information content (AvgIpc) is 2.99. The van der Waals surface area contributed by atoms with Gasteiger partial charge in [-0.1, -0.05) is 12.1 Å². The van der Waals surface area contributed by atoms with Gasteiger partial charge in [-0.25, -0.2) is 0 Å².